The third-order valence-corrected chi connectivity index (χ3v) is 3.47. The van der Waals surface area contributed by atoms with E-state index in [1.54, 1.807) is 0 Å². The maximum Gasteiger partial charge on any atom is 0.0345 e. The molecule has 1 aromatic heterocycles. The molecule has 2 rings (SSSR count). The Labute approximate surface area is 89.2 Å². The molecular weight excluding hydrogens is 188 g/mol. The van der Waals surface area contributed by atoms with Crippen molar-refractivity contribution < 1.29 is 0 Å². The van der Waals surface area contributed by atoms with E-state index >= 15 is 0 Å². The Balaban J connectivity index is 2.33. The van der Waals surface area contributed by atoms with E-state index in [0.29, 0.717) is 0 Å². The van der Waals surface area contributed by atoms with Crippen molar-refractivity contribution in [2.75, 3.05) is 0 Å². The summed E-state index contributed by atoms with van der Waals surface area (Å²) in [7, 11) is 0. The van der Waals surface area contributed by atoms with Gasteiger partial charge in [0.25, 0.3) is 0 Å². The number of hydrogen-bond donors (Lipinski definition) is 0. The fourth-order valence-corrected chi connectivity index (χ4v) is 2.39. The second kappa shape index (κ2) is 3.97. The topological polar surface area (TPSA) is 0 Å². The molecule has 0 atom stereocenters. The number of hydrogen-bond acceptors (Lipinski definition) is 1. The van der Waals surface area contributed by atoms with Crippen LogP contribution in [-0.4, -0.2) is 0 Å². The molecule has 2 aromatic rings. The van der Waals surface area contributed by atoms with Crippen molar-refractivity contribution in [3.05, 3.63) is 46.8 Å². The summed E-state index contributed by atoms with van der Waals surface area (Å²) in [5.74, 6) is 0. The smallest absolute Gasteiger partial charge is 0.0345 e. The first-order chi connectivity index (χ1) is 6.79. The zero-order valence-electron chi connectivity index (χ0n) is 8.58. The molecule has 0 amide bonds. The van der Waals surface area contributed by atoms with Crippen molar-refractivity contribution in [1.82, 2.24) is 0 Å². The maximum absolute atomic E-state index is 2.24. The van der Waals surface area contributed by atoms with Crippen molar-refractivity contribution in [3.63, 3.8) is 0 Å². The molecule has 0 aliphatic carbocycles. The number of rotatable bonds is 2. The van der Waals surface area contributed by atoms with Gasteiger partial charge < -0.3 is 0 Å². The Morgan fingerprint density at radius 1 is 1.14 bits per heavy atom. The highest BCUT2D eigenvalue weighted by Gasteiger charge is 1.99. The number of aryl methyl sites for hydroxylation is 2. The van der Waals surface area contributed by atoms with Gasteiger partial charge in [-0.25, -0.2) is 0 Å². The minimum Gasteiger partial charge on any atom is -0.144 e. The van der Waals surface area contributed by atoms with E-state index in [1.807, 2.05) is 11.3 Å². The SMILES string of the molecule is CCc1ccc(-c2cc(C)cs2)cc1. The van der Waals surface area contributed by atoms with Crippen molar-refractivity contribution in [3.8, 4) is 10.4 Å². The van der Waals surface area contributed by atoms with E-state index in [9.17, 15) is 0 Å². The average molecular weight is 202 g/mol. The summed E-state index contributed by atoms with van der Waals surface area (Å²) in [6.07, 6.45) is 1.11. The molecule has 0 radical (unpaired) electrons. The quantitative estimate of drug-likeness (QED) is 0.681. The van der Waals surface area contributed by atoms with E-state index in [-0.39, 0.29) is 0 Å². The second-order valence-electron chi connectivity index (χ2n) is 3.54. The average Bonchev–Trinajstić information content (AvgIpc) is 2.65. The van der Waals surface area contributed by atoms with Gasteiger partial charge >= 0.3 is 0 Å². The summed E-state index contributed by atoms with van der Waals surface area (Å²) in [5, 5.41) is 2.20. The number of thiophene rings is 1. The molecule has 0 saturated heterocycles. The normalized spacial score (nSPS) is 10.4. The van der Waals surface area contributed by atoms with Gasteiger partial charge in [-0.3, -0.25) is 0 Å². The van der Waals surface area contributed by atoms with Crippen LogP contribution in [0.1, 0.15) is 18.1 Å². The van der Waals surface area contributed by atoms with Crippen LogP contribution >= 0.6 is 11.3 Å². The Bertz CT molecular complexity index is 409. The summed E-state index contributed by atoms with van der Waals surface area (Å²) in [6, 6.07) is 11.1. The summed E-state index contributed by atoms with van der Waals surface area (Å²) >= 11 is 1.82. The molecule has 0 unspecified atom stereocenters. The lowest BCUT2D eigenvalue weighted by atomic mass is 10.1. The lowest BCUT2D eigenvalue weighted by molar-refractivity contribution is 1.14. The molecule has 1 aromatic carbocycles. The molecule has 1 heteroatoms. The first kappa shape index (κ1) is 9.47. The van der Waals surface area contributed by atoms with Gasteiger partial charge in [-0.15, -0.1) is 11.3 Å². The van der Waals surface area contributed by atoms with Crippen molar-refractivity contribution in [2.24, 2.45) is 0 Å². The minimum atomic E-state index is 1.11. The second-order valence-corrected chi connectivity index (χ2v) is 4.45. The fourth-order valence-electron chi connectivity index (χ4n) is 1.49. The largest absolute Gasteiger partial charge is 0.144 e. The van der Waals surface area contributed by atoms with Crippen LogP contribution in [-0.2, 0) is 6.42 Å². The molecule has 0 fully saturated rings. The van der Waals surface area contributed by atoms with E-state index in [1.165, 1.54) is 21.6 Å². The van der Waals surface area contributed by atoms with Crippen LogP contribution in [0.2, 0.25) is 0 Å². The summed E-state index contributed by atoms with van der Waals surface area (Å²) in [6.45, 7) is 4.32. The molecular formula is C13H14S. The lowest BCUT2D eigenvalue weighted by Gasteiger charge is -1.99. The zero-order valence-corrected chi connectivity index (χ0v) is 9.40. The number of benzene rings is 1. The molecule has 72 valence electrons. The van der Waals surface area contributed by atoms with E-state index in [4.69, 9.17) is 0 Å². The summed E-state index contributed by atoms with van der Waals surface area (Å²) < 4.78 is 0. The van der Waals surface area contributed by atoms with Gasteiger partial charge in [0.15, 0.2) is 0 Å². The van der Waals surface area contributed by atoms with E-state index < -0.39 is 0 Å². The molecule has 0 N–H and O–H groups in total. The Morgan fingerprint density at radius 2 is 1.86 bits per heavy atom. The molecule has 0 nitrogen and oxygen atoms in total. The van der Waals surface area contributed by atoms with E-state index in [0.717, 1.165) is 6.42 Å². The zero-order chi connectivity index (χ0) is 9.97. The Kier molecular flexibility index (Phi) is 2.69. The van der Waals surface area contributed by atoms with Crippen LogP contribution in [0.3, 0.4) is 0 Å². The monoisotopic (exact) mass is 202 g/mol. The van der Waals surface area contributed by atoms with Crippen LogP contribution in [0, 0.1) is 6.92 Å². The highest BCUT2D eigenvalue weighted by molar-refractivity contribution is 7.13. The molecule has 0 spiro atoms. The molecule has 0 saturated carbocycles. The van der Waals surface area contributed by atoms with Gasteiger partial charge in [0.2, 0.25) is 0 Å². The van der Waals surface area contributed by atoms with Gasteiger partial charge in [0, 0.05) is 4.88 Å². The molecule has 0 bridgehead atoms. The third kappa shape index (κ3) is 1.88. The van der Waals surface area contributed by atoms with Crippen LogP contribution < -0.4 is 0 Å². The fraction of sp³-hybridized carbons (Fsp3) is 0.231. The van der Waals surface area contributed by atoms with Gasteiger partial charge in [-0.2, -0.15) is 0 Å². The molecule has 1 heterocycles. The van der Waals surface area contributed by atoms with Crippen LogP contribution in [0.5, 0.6) is 0 Å². The first-order valence-electron chi connectivity index (χ1n) is 4.94. The standard InChI is InChI=1S/C13H14S/c1-3-11-4-6-12(7-5-11)13-8-10(2)9-14-13/h4-9H,3H2,1-2H3. The van der Waals surface area contributed by atoms with Crippen molar-refractivity contribution in [1.29, 1.82) is 0 Å². The van der Waals surface area contributed by atoms with Crippen molar-refractivity contribution in [2.45, 2.75) is 20.3 Å². The Morgan fingerprint density at radius 3 is 2.36 bits per heavy atom. The Hall–Kier alpha value is -1.08. The molecule has 14 heavy (non-hydrogen) atoms. The predicted octanol–water partition coefficient (Wildman–Crippen LogP) is 4.29. The summed E-state index contributed by atoms with van der Waals surface area (Å²) in [4.78, 5) is 1.37. The third-order valence-electron chi connectivity index (χ3n) is 2.38. The van der Waals surface area contributed by atoms with E-state index in [2.05, 4.69) is 49.6 Å². The van der Waals surface area contributed by atoms with Crippen LogP contribution in [0.25, 0.3) is 10.4 Å². The maximum atomic E-state index is 2.24. The lowest BCUT2D eigenvalue weighted by Crippen LogP contribution is -1.78. The molecule has 0 aliphatic heterocycles. The minimum absolute atomic E-state index is 1.11. The van der Waals surface area contributed by atoms with Crippen molar-refractivity contribution >= 4 is 11.3 Å². The van der Waals surface area contributed by atoms with Gasteiger partial charge in [-0.05, 0) is 41.5 Å². The highest BCUT2D eigenvalue weighted by Crippen LogP contribution is 2.26. The van der Waals surface area contributed by atoms with Crippen LogP contribution in [0.4, 0.5) is 0 Å². The van der Waals surface area contributed by atoms with Gasteiger partial charge in [0.1, 0.15) is 0 Å². The summed E-state index contributed by atoms with van der Waals surface area (Å²) in [5.41, 5.74) is 4.09. The van der Waals surface area contributed by atoms with Gasteiger partial charge in [-0.1, -0.05) is 31.2 Å². The predicted molar refractivity (Wildman–Crippen MR) is 63.9 cm³/mol. The first-order valence-corrected chi connectivity index (χ1v) is 5.82. The molecule has 0 aliphatic rings. The van der Waals surface area contributed by atoms with Crippen LogP contribution in [0.15, 0.2) is 35.7 Å². The van der Waals surface area contributed by atoms with Gasteiger partial charge in [0.05, 0.1) is 0 Å². The highest BCUT2D eigenvalue weighted by atomic mass is 32.1.